The fourth-order valence-corrected chi connectivity index (χ4v) is 2.44. The first-order chi connectivity index (χ1) is 12.6. The van der Waals surface area contributed by atoms with Crippen molar-refractivity contribution in [1.29, 1.82) is 0 Å². The maximum absolute atomic E-state index is 12.2. The summed E-state index contributed by atoms with van der Waals surface area (Å²) < 4.78 is 0. The SMILES string of the molecule is CCN(OCc1cccnc1)C(=O)CCC(=O)CCc1ccc(N)cc1. The number of benzene rings is 1. The molecule has 0 aliphatic carbocycles. The molecule has 2 aromatic rings. The summed E-state index contributed by atoms with van der Waals surface area (Å²) in [6.45, 7) is 2.54. The Balaban J connectivity index is 1.71. The van der Waals surface area contributed by atoms with Crippen LogP contribution >= 0.6 is 0 Å². The minimum absolute atomic E-state index is 0.0680. The largest absolute Gasteiger partial charge is 0.399 e. The van der Waals surface area contributed by atoms with Crippen LogP contribution in [-0.4, -0.2) is 28.3 Å². The molecule has 138 valence electrons. The van der Waals surface area contributed by atoms with Crippen LogP contribution in [-0.2, 0) is 27.5 Å². The molecule has 1 aromatic heterocycles. The van der Waals surface area contributed by atoms with E-state index < -0.39 is 0 Å². The molecule has 26 heavy (non-hydrogen) atoms. The summed E-state index contributed by atoms with van der Waals surface area (Å²) in [7, 11) is 0. The Morgan fingerprint density at radius 1 is 1.08 bits per heavy atom. The highest BCUT2D eigenvalue weighted by molar-refractivity contribution is 5.84. The molecule has 2 N–H and O–H groups in total. The summed E-state index contributed by atoms with van der Waals surface area (Å²) in [4.78, 5) is 33.8. The van der Waals surface area contributed by atoms with Crippen molar-refractivity contribution >= 4 is 17.4 Å². The van der Waals surface area contributed by atoms with Crippen LogP contribution in [0.5, 0.6) is 0 Å². The van der Waals surface area contributed by atoms with Gasteiger partial charge in [0.1, 0.15) is 12.4 Å². The molecule has 0 fully saturated rings. The summed E-state index contributed by atoms with van der Waals surface area (Å²) in [6.07, 6.45) is 4.82. The number of anilines is 1. The van der Waals surface area contributed by atoms with Gasteiger partial charge in [0.25, 0.3) is 0 Å². The Labute approximate surface area is 153 Å². The highest BCUT2D eigenvalue weighted by Crippen LogP contribution is 2.10. The Hall–Kier alpha value is -2.73. The Bertz CT molecular complexity index is 702. The zero-order valence-corrected chi connectivity index (χ0v) is 15.1. The minimum Gasteiger partial charge on any atom is -0.399 e. The number of ketones is 1. The first kappa shape index (κ1) is 19.6. The summed E-state index contributed by atoms with van der Waals surface area (Å²) >= 11 is 0. The van der Waals surface area contributed by atoms with Gasteiger partial charge in [0.15, 0.2) is 0 Å². The van der Waals surface area contributed by atoms with E-state index in [0.29, 0.717) is 25.1 Å². The molecule has 1 heterocycles. The van der Waals surface area contributed by atoms with E-state index in [9.17, 15) is 9.59 Å². The number of hydrogen-bond donors (Lipinski definition) is 1. The highest BCUT2D eigenvalue weighted by Gasteiger charge is 2.14. The van der Waals surface area contributed by atoms with Crippen LogP contribution in [0, 0.1) is 0 Å². The van der Waals surface area contributed by atoms with Crippen molar-refractivity contribution < 1.29 is 14.4 Å². The fraction of sp³-hybridized carbons (Fsp3) is 0.350. The molecule has 0 aliphatic heterocycles. The normalized spacial score (nSPS) is 10.5. The fourth-order valence-electron chi connectivity index (χ4n) is 2.44. The van der Waals surface area contributed by atoms with Crippen LogP contribution in [0.1, 0.15) is 37.3 Å². The van der Waals surface area contributed by atoms with E-state index in [1.807, 2.05) is 43.3 Å². The number of aryl methyl sites for hydroxylation is 1. The quantitative estimate of drug-likeness (QED) is 0.523. The molecule has 0 bridgehead atoms. The Morgan fingerprint density at radius 3 is 2.50 bits per heavy atom. The van der Waals surface area contributed by atoms with Gasteiger partial charge in [-0.25, -0.2) is 5.06 Å². The van der Waals surface area contributed by atoms with Crippen molar-refractivity contribution in [3.63, 3.8) is 0 Å². The predicted octanol–water partition coefficient (Wildman–Crippen LogP) is 2.93. The minimum atomic E-state index is -0.183. The predicted molar refractivity (Wildman–Crippen MR) is 99.8 cm³/mol. The van der Waals surface area contributed by atoms with Gasteiger partial charge in [0.05, 0.1) is 0 Å². The zero-order chi connectivity index (χ0) is 18.8. The number of hydrogen-bond acceptors (Lipinski definition) is 5. The number of Topliss-reactive ketones (excluding diaryl/α,β-unsaturated/α-hetero) is 1. The number of carbonyl (C=O) groups excluding carboxylic acids is 2. The van der Waals surface area contributed by atoms with Crippen molar-refractivity contribution in [2.24, 2.45) is 0 Å². The Kier molecular flexibility index (Phi) is 7.76. The monoisotopic (exact) mass is 355 g/mol. The smallest absolute Gasteiger partial charge is 0.246 e. The molecule has 0 saturated heterocycles. The van der Waals surface area contributed by atoms with Gasteiger partial charge in [-0.05, 0) is 42.7 Å². The average Bonchev–Trinajstić information content (AvgIpc) is 2.67. The molecular formula is C20H25N3O3. The maximum atomic E-state index is 12.2. The molecule has 0 spiro atoms. The van der Waals surface area contributed by atoms with E-state index in [1.54, 1.807) is 12.4 Å². The molecule has 0 unspecified atom stereocenters. The number of nitrogens with zero attached hydrogens (tertiary/aromatic N) is 2. The van der Waals surface area contributed by atoms with Gasteiger partial charge >= 0.3 is 0 Å². The topological polar surface area (TPSA) is 85.5 Å². The summed E-state index contributed by atoms with van der Waals surface area (Å²) in [6, 6.07) is 11.2. The average molecular weight is 355 g/mol. The third kappa shape index (κ3) is 6.64. The molecule has 2 rings (SSSR count). The molecular weight excluding hydrogens is 330 g/mol. The molecule has 0 radical (unpaired) electrons. The van der Waals surface area contributed by atoms with Crippen molar-refractivity contribution in [2.75, 3.05) is 12.3 Å². The van der Waals surface area contributed by atoms with E-state index >= 15 is 0 Å². The van der Waals surface area contributed by atoms with E-state index in [4.69, 9.17) is 10.6 Å². The van der Waals surface area contributed by atoms with Gasteiger partial charge < -0.3 is 5.73 Å². The standard InChI is InChI=1S/C20H25N3O3/c1-2-23(26-15-17-4-3-13-22-14-17)20(25)12-11-19(24)10-7-16-5-8-18(21)9-6-16/h3-6,8-9,13-14H,2,7,10-12,15,21H2,1H3. The second-order valence-electron chi connectivity index (χ2n) is 6.00. The number of carbonyl (C=O) groups is 2. The molecule has 1 amide bonds. The van der Waals surface area contributed by atoms with Crippen molar-refractivity contribution in [3.05, 3.63) is 59.9 Å². The third-order valence-corrected chi connectivity index (χ3v) is 3.97. The van der Waals surface area contributed by atoms with Crippen molar-refractivity contribution in [2.45, 2.75) is 39.2 Å². The van der Waals surface area contributed by atoms with Gasteiger partial charge in [-0.3, -0.25) is 19.4 Å². The number of pyridine rings is 1. The van der Waals surface area contributed by atoms with Gasteiger partial charge in [0.2, 0.25) is 5.91 Å². The van der Waals surface area contributed by atoms with E-state index in [1.165, 1.54) is 5.06 Å². The molecule has 0 atom stereocenters. The molecule has 6 heteroatoms. The van der Waals surface area contributed by atoms with Gasteiger partial charge in [-0.15, -0.1) is 0 Å². The van der Waals surface area contributed by atoms with Crippen LogP contribution in [0.15, 0.2) is 48.8 Å². The second-order valence-corrected chi connectivity index (χ2v) is 6.00. The first-order valence-electron chi connectivity index (χ1n) is 8.76. The number of amides is 1. The Morgan fingerprint density at radius 2 is 1.85 bits per heavy atom. The molecule has 0 aliphatic rings. The van der Waals surface area contributed by atoms with Crippen LogP contribution in [0.2, 0.25) is 0 Å². The lowest BCUT2D eigenvalue weighted by Crippen LogP contribution is -2.31. The molecule has 0 saturated carbocycles. The van der Waals surface area contributed by atoms with Crippen LogP contribution in [0.4, 0.5) is 5.69 Å². The lowest BCUT2D eigenvalue weighted by atomic mass is 10.0. The summed E-state index contributed by atoms with van der Waals surface area (Å²) in [5.41, 5.74) is 8.30. The van der Waals surface area contributed by atoms with Crippen molar-refractivity contribution in [3.8, 4) is 0 Å². The highest BCUT2D eigenvalue weighted by atomic mass is 16.7. The van der Waals surface area contributed by atoms with Crippen molar-refractivity contribution in [1.82, 2.24) is 10.0 Å². The van der Waals surface area contributed by atoms with Crippen LogP contribution in [0.3, 0.4) is 0 Å². The van der Waals surface area contributed by atoms with Gasteiger partial charge in [-0.1, -0.05) is 18.2 Å². The van der Waals surface area contributed by atoms with Gasteiger partial charge in [0, 0.05) is 43.9 Å². The van der Waals surface area contributed by atoms with Crippen LogP contribution < -0.4 is 5.73 Å². The number of nitrogens with two attached hydrogens (primary N) is 1. The van der Waals surface area contributed by atoms with Crippen LogP contribution in [0.25, 0.3) is 0 Å². The lowest BCUT2D eigenvalue weighted by Gasteiger charge is -2.20. The third-order valence-electron chi connectivity index (χ3n) is 3.97. The molecule has 6 nitrogen and oxygen atoms in total. The zero-order valence-electron chi connectivity index (χ0n) is 15.1. The number of hydroxylamine groups is 2. The summed E-state index contributed by atoms with van der Waals surface area (Å²) in [5, 5.41) is 1.31. The van der Waals surface area contributed by atoms with E-state index in [2.05, 4.69) is 4.98 Å². The first-order valence-corrected chi connectivity index (χ1v) is 8.76. The second kappa shape index (κ2) is 10.3. The number of aromatic nitrogens is 1. The van der Waals surface area contributed by atoms with E-state index in [0.717, 1.165) is 11.1 Å². The summed E-state index contributed by atoms with van der Waals surface area (Å²) in [5.74, 6) is -0.115. The number of nitrogen functional groups attached to an aromatic ring is 1. The maximum Gasteiger partial charge on any atom is 0.246 e. The lowest BCUT2D eigenvalue weighted by molar-refractivity contribution is -0.190. The van der Waals surface area contributed by atoms with E-state index in [-0.39, 0.29) is 31.1 Å². The number of rotatable bonds is 10. The molecule has 1 aromatic carbocycles. The van der Waals surface area contributed by atoms with Gasteiger partial charge in [-0.2, -0.15) is 0 Å².